The zero-order valence-electron chi connectivity index (χ0n) is 10.8. The van der Waals surface area contributed by atoms with E-state index in [1.807, 2.05) is 0 Å². The van der Waals surface area contributed by atoms with E-state index >= 15 is 0 Å². The number of carbonyl (C=O) groups excluding carboxylic acids is 2. The maximum absolute atomic E-state index is 12.1. The number of ketones is 1. The Bertz CT molecular complexity index is 323. The lowest BCUT2D eigenvalue weighted by Gasteiger charge is -2.32. The highest BCUT2D eigenvalue weighted by Crippen LogP contribution is 2.31. The summed E-state index contributed by atoms with van der Waals surface area (Å²) in [5.74, 6) is -0.0302. The Hall–Kier alpha value is -0.940. The molecule has 1 aliphatic carbocycles. The Kier molecular flexibility index (Phi) is 4.35. The summed E-state index contributed by atoms with van der Waals surface area (Å²) in [5.41, 5.74) is -1.23. The molecule has 1 aliphatic heterocycles. The summed E-state index contributed by atoms with van der Waals surface area (Å²) in [7, 11) is 0. The first-order valence-corrected chi connectivity index (χ1v) is 6.55. The van der Waals surface area contributed by atoms with Gasteiger partial charge in [0.15, 0.2) is 11.2 Å². The topological polar surface area (TPSA) is 61.8 Å². The van der Waals surface area contributed by atoms with Gasteiger partial charge >= 0.3 is 5.97 Å². The predicted molar refractivity (Wildman–Crippen MR) is 63.1 cm³/mol. The normalized spacial score (nSPS) is 28.2. The highest BCUT2D eigenvalue weighted by Gasteiger charge is 2.49. The van der Waals surface area contributed by atoms with E-state index in [0.29, 0.717) is 19.1 Å². The Balaban J connectivity index is 1.99. The number of hydrogen-bond donors (Lipinski definition) is 0. The third-order valence-electron chi connectivity index (χ3n) is 3.42. The first kappa shape index (κ1) is 13.5. The summed E-state index contributed by atoms with van der Waals surface area (Å²) in [6.07, 6.45) is 2.61. The molecule has 1 atom stereocenters. The van der Waals surface area contributed by atoms with Crippen molar-refractivity contribution in [3.05, 3.63) is 0 Å². The van der Waals surface area contributed by atoms with Gasteiger partial charge in [0.2, 0.25) is 0 Å². The van der Waals surface area contributed by atoms with Crippen LogP contribution >= 0.6 is 0 Å². The van der Waals surface area contributed by atoms with Crippen molar-refractivity contribution in [2.45, 2.75) is 26.2 Å². The first-order chi connectivity index (χ1) is 8.69. The third kappa shape index (κ3) is 2.90. The van der Waals surface area contributed by atoms with Gasteiger partial charge in [-0.2, -0.15) is 0 Å². The molecule has 0 amide bonds. The zero-order chi connectivity index (χ0) is 13.0. The molecule has 0 aromatic rings. The zero-order valence-corrected chi connectivity index (χ0v) is 10.8. The molecule has 1 saturated carbocycles. The molecule has 2 fully saturated rings. The van der Waals surface area contributed by atoms with Gasteiger partial charge in [-0.3, -0.25) is 9.59 Å². The lowest BCUT2D eigenvalue weighted by Crippen LogP contribution is -2.51. The van der Waals surface area contributed by atoms with E-state index in [-0.39, 0.29) is 32.0 Å². The number of Topliss-reactive ketones (excluding diaryl/α,β-unsaturated/α-hetero) is 1. The predicted octanol–water partition coefficient (Wildman–Crippen LogP) is 0.952. The Morgan fingerprint density at radius 3 is 2.89 bits per heavy atom. The van der Waals surface area contributed by atoms with Crippen molar-refractivity contribution in [1.82, 2.24) is 0 Å². The number of carbonyl (C=O) groups is 2. The minimum absolute atomic E-state index is 0.0787. The van der Waals surface area contributed by atoms with Gasteiger partial charge in [0.25, 0.3) is 0 Å². The van der Waals surface area contributed by atoms with Crippen LogP contribution in [0.1, 0.15) is 26.2 Å². The van der Waals surface area contributed by atoms with Gasteiger partial charge in [0.05, 0.1) is 26.4 Å². The standard InChI is InChI=1S/C13H20O5/c1-2-18-12(15)13(8-16-6-5-11(13)14)9-17-7-10-3-4-10/h10H,2-9H2,1H3. The summed E-state index contributed by atoms with van der Waals surface area (Å²) >= 11 is 0. The van der Waals surface area contributed by atoms with Gasteiger partial charge in [-0.15, -0.1) is 0 Å². The molecule has 0 N–H and O–H groups in total. The van der Waals surface area contributed by atoms with Crippen LogP contribution in [-0.2, 0) is 23.8 Å². The van der Waals surface area contributed by atoms with Crippen molar-refractivity contribution in [2.24, 2.45) is 11.3 Å². The van der Waals surface area contributed by atoms with Crippen molar-refractivity contribution in [3.8, 4) is 0 Å². The van der Waals surface area contributed by atoms with Gasteiger partial charge in [-0.1, -0.05) is 0 Å². The summed E-state index contributed by atoms with van der Waals surface area (Å²) in [6, 6.07) is 0. The van der Waals surface area contributed by atoms with Gasteiger partial charge in [-0.25, -0.2) is 0 Å². The molecular formula is C13H20O5. The van der Waals surface area contributed by atoms with E-state index in [1.54, 1.807) is 6.92 Å². The number of hydrogen-bond acceptors (Lipinski definition) is 5. The smallest absolute Gasteiger partial charge is 0.324 e. The van der Waals surface area contributed by atoms with Crippen LogP contribution in [0.3, 0.4) is 0 Å². The van der Waals surface area contributed by atoms with Crippen LogP contribution in [0.2, 0.25) is 0 Å². The van der Waals surface area contributed by atoms with Crippen molar-refractivity contribution < 1.29 is 23.8 Å². The van der Waals surface area contributed by atoms with Crippen LogP contribution in [0.4, 0.5) is 0 Å². The van der Waals surface area contributed by atoms with E-state index in [2.05, 4.69) is 0 Å². The molecule has 0 aromatic heterocycles. The molecule has 5 heteroatoms. The fourth-order valence-corrected chi connectivity index (χ4v) is 2.04. The van der Waals surface area contributed by atoms with Crippen molar-refractivity contribution >= 4 is 11.8 Å². The molecular weight excluding hydrogens is 236 g/mol. The Labute approximate surface area is 107 Å². The second-order valence-corrected chi connectivity index (χ2v) is 4.99. The average Bonchev–Trinajstić information content (AvgIpc) is 3.16. The first-order valence-electron chi connectivity index (χ1n) is 6.55. The summed E-state index contributed by atoms with van der Waals surface area (Å²) in [6.45, 7) is 3.15. The van der Waals surface area contributed by atoms with E-state index in [9.17, 15) is 9.59 Å². The second kappa shape index (κ2) is 5.80. The van der Waals surface area contributed by atoms with E-state index < -0.39 is 11.4 Å². The number of ether oxygens (including phenoxy) is 3. The van der Waals surface area contributed by atoms with Gasteiger partial charge < -0.3 is 14.2 Å². The SMILES string of the molecule is CCOC(=O)C1(COCC2CC2)COCCC1=O. The summed E-state index contributed by atoms with van der Waals surface area (Å²) in [4.78, 5) is 24.1. The van der Waals surface area contributed by atoms with Gasteiger partial charge in [-0.05, 0) is 25.7 Å². The van der Waals surface area contributed by atoms with E-state index in [1.165, 1.54) is 12.8 Å². The quantitative estimate of drug-likeness (QED) is 0.523. The molecule has 1 heterocycles. The minimum atomic E-state index is -1.23. The van der Waals surface area contributed by atoms with Crippen LogP contribution < -0.4 is 0 Å². The van der Waals surface area contributed by atoms with Crippen LogP contribution in [-0.4, -0.2) is 44.8 Å². The number of esters is 1. The summed E-state index contributed by atoms with van der Waals surface area (Å²) < 4.78 is 15.8. The molecule has 1 unspecified atom stereocenters. The highest BCUT2D eigenvalue weighted by atomic mass is 16.5. The largest absolute Gasteiger partial charge is 0.465 e. The Morgan fingerprint density at radius 1 is 1.50 bits per heavy atom. The highest BCUT2D eigenvalue weighted by molar-refractivity contribution is 6.04. The average molecular weight is 256 g/mol. The number of rotatable bonds is 6. The fraction of sp³-hybridized carbons (Fsp3) is 0.846. The van der Waals surface area contributed by atoms with E-state index in [4.69, 9.17) is 14.2 Å². The van der Waals surface area contributed by atoms with Crippen molar-refractivity contribution in [2.75, 3.05) is 33.0 Å². The molecule has 2 aliphatic rings. The van der Waals surface area contributed by atoms with E-state index in [0.717, 1.165) is 0 Å². The minimum Gasteiger partial charge on any atom is -0.465 e. The van der Waals surface area contributed by atoms with Crippen LogP contribution in [0.25, 0.3) is 0 Å². The van der Waals surface area contributed by atoms with Crippen molar-refractivity contribution in [1.29, 1.82) is 0 Å². The lowest BCUT2D eigenvalue weighted by molar-refractivity contribution is -0.174. The maximum atomic E-state index is 12.1. The molecule has 0 aromatic carbocycles. The lowest BCUT2D eigenvalue weighted by atomic mass is 9.82. The molecule has 0 spiro atoms. The van der Waals surface area contributed by atoms with Gasteiger partial charge in [0, 0.05) is 13.0 Å². The second-order valence-electron chi connectivity index (χ2n) is 4.99. The van der Waals surface area contributed by atoms with Crippen LogP contribution in [0.15, 0.2) is 0 Å². The molecule has 0 bridgehead atoms. The van der Waals surface area contributed by atoms with Gasteiger partial charge in [0.1, 0.15) is 0 Å². The maximum Gasteiger partial charge on any atom is 0.324 e. The third-order valence-corrected chi connectivity index (χ3v) is 3.42. The fourth-order valence-electron chi connectivity index (χ4n) is 2.04. The molecule has 0 radical (unpaired) electrons. The van der Waals surface area contributed by atoms with Crippen molar-refractivity contribution in [3.63, 3.8) is 0 Å². The molecule has 2 rings (SSSR count). The van der Waals surface area contributed by atoms with Crippen LogP contribution in [0, 0.1) is 11.3 Å². The van der Waals surface area contributed by atoms with Crippen LogP contribution in [0.5, 0.6) is 0 Å². The monoisotopic (exact) mass is 256 g/mol. The molecule has 5 nitrogen and oxygen atoms in total. The molecule has 1 saturated heterocycles. The molecule has 18 heavy (non-hydrogen) atoms. The summed E-state index contributed by atoms with van der Waals surface area (Å²) in [5, 5.41) is 0. The Morgan fingerprint density at radius 2 is 2.28 bits per heavy atom. The molecule has 102 valence electrons.